The van der Waals surface area contributed by atoms with Crippen molar-refractivity contribution in [2.24, 2.45) is 0 Å². The van der Waals surface area contributed by atoms with Gasteiger partial charge in [0.2, 0.25) is 5.91 Å². The van der Waals surface area contributed by atoms with Crippen molar-refractivity contribution in [3.05, 3.63) is 0 Å². The summed E-state index contributed by atoms with van der Waals surface area (Å²) in [4.78, 5) is 13.0. The molecule has 0 saturated heterocycles. The van der Waals surface area contributed by atoms with Gasteiger partial charge in [-0.25, -0.2) is 0 Å². The Bertz CT molecular complexity index is 151. The first-order valence-electron chi connectivity index (χ1n) is 4.69. The summed E-state index contributed by atoms with van der Waals surface area (Å²) in [6, 6.07) is 0.0346. The molecular formula is C9H20N2O2. The lowest BCUT2D eigenvalue weighted by Crippen LogP contribution is -2.41. The van der Waals surface area contributed by atoms with Crippen LogP contribution in [0.4, 0.5) is 0 Å². The minimum Gasteiger partial charge on any atom is -0.395 e. The van der Waals surface area contributed by atoms with Crippen molar-refractivity contribution in [2.45, 2.75) is 26.3 Å². The molecule has 0 fully saturated rings. The zero-order chi connectivity index (χ0) is 10.3. The van der Waals surface area contributed by atoms with Crippen molar-refractivity contribution in [2.75, 3.05) is 26.7 Å². The number of rotatable bonds is 6. The highest BCUT2D eigenvalue weighted by Gasteiger charge is 2.10. The van der Waals surface area contributed by atoms with Crippen LogP contribution >= 0.6 is 0 Å². The van der Waals surface area contributed by atoms with E-state index in [1.165, 1.54) is 0 Å². The summed E-state index contributed by atoms with van der Waals surface area (Å²) < 4.78 is 0. The fourth-order valence-corrected chi connectivity index (χ4v) is 0.842. The second-order valence-electron chi connectivity index (χ2n) is 3.30. The molecule has 0 rings (SSSR count). The highest BCUT2D eigenvalue weighted by molar-refractivity contribution is 5.77. The maximum Gasteiger partial charge on any atom is 0.234 e. The average molecular weight is 188 g/mol. The van der Waals surface area contributed by atoms with E-state index in [-0.39, 0.29) is 18.6 Å². The molecule has 4 nitrogen and oxygen atoms in total. The predicted molar refractivity (Wildman–Crippen MR) is 52.5 cm³/mol. The monoisotopic (exact) mass is 188 g/mol. The molecule has 13 heavy (non-hydrogen) atoms. The van der Waals surface area contributed by atoms with Crippen LogP contribution in [-0.2, 0) is 4.79 Å². The number of carbonyl (C=O) groups excluding carboxylic acids is 1. The van der Waals surface area contributed by atoms with Crippen LogP contribution in [-0.4, -0.2) is 48.7 Å². The van der Waals surface area contributed by atoms with Gasteiger partial charge in [0.15, 0.2) is 0 Å². The number of hydrogen-bond donors (Lipinski definition) is 2. The van der Waals surface area contributed by atoms with E-state index in [2.05, 4.69) is 5.32 Å². The standard InChI is InChI=1S/C9H20N2O2/c1-4-5-10-9(13)6-11(3)8(2)7-12/h8,12H,4-7H2,1-3H3,(H,10,13). The Morgan fingerprint density at radius 3 is 2.69 bits per heavy atom. The SMILES string of the molecule is CCCNC(=O)CN(C)C(C)CO. The number of nitrogens with zero attached hydrogens (tertiary/aromatic N) is 1. The first kappa shape index (κ1) is 12.4. The van der Waals surface area contributed by atoms with Gasteiger partial charge < -0.3 is 10.4 Å². The summed E-state index contributed by atoms with van der Waals surface area (Å²) >= 11 is 0. The maximum absolute atomic E-state index is 11.2. The largest absolute Gasteiger partial charge is 0.395 e. The molecule has 78 valence electrons. The normalized spacial score (nSPS) is 13.0. The molecule has 0 spiro atoms. The Labute approximate surface area is 79.9 Å². The Kier molecular flexibility index (Phi) is 6.54. The van der Waals surface area contributed by atoms with Gasteiger partial charge in [-0.15, -0.1) is 0 Å². The van der Waals surface area contributed by atoms with Gasteiger partial charge >= 0.3 is 0 Å². The summed E-state index contributed by atoms with van der Waals surface area (Å²) in [5.74, 6) is 0.0182. The third-order valence-corrected chi connectivity index (χ3v) is 1.98. The first-order valence-corrected chi connectivity index (χ1v) is 4.69. The summed E-state index contributed by atoms with van der Waals surface area (Å²) in [5.41, 5.74) is 0. The fourth-order valence-electron chi connectivity index (χ4n) is 0.842. The number of carbonyl (C=O) groups is 1. The van der Waals surface area contributed by atoms with Crippen LogP contribution in [0.1, 0.15) is 20.3 Å². The summed E-state index contributed by atoms with van der Waals surface area (Å²) in [6.45, 7) is 5.05. The molecule has 0 aromatic heterocycles. The van der Waals surface area contributed by atoms with Crippen LogP contribution < -0.4 is 5.32 Å². The molecule has 0 aliphatic carbocycles. The molecular weight excluding hydrogens is 168 g/mol. The molecule has 0 saturated carbocycles. The van der Waals surface area contributed by atoms with Gasteiger partial charge in [0.25, 0.3) is 0 Å². The molecule has 1 unspecified atom stereocenters. The highest BCUT2D eigenvalue weighted by atomic mass is 16.3. The van der Waals surface area contributed by atoms with Crippen LogP contribution in [0, 0.1) is 0 Å². The number of hydrogen-bond acceptors (Lipinski definition) is 3. The smallest absolute Gasteiger partial charge is 0.234 e. The lowest BCUT2D eigenvalue weighted by molar-refractivity contribution is -0.122. The lowest BCUT2D eigenvalue weighted by Gasteiger charge is -2.21. The average Bonchev–Trinajstić information content (AvgIpc) is 2.13. The minimum absolute atomic E-state index is 0.0182. The van der Waals surface area contributed by atoms with E-state index in [0.717, 1.165) is 13.0 Å². The maximum atomic E-state index is 11.2. The van der Waals surface area contributed by atoms with Crippen molar-refractivity contribution < 1.29 is 9.90 Å². The predicted octanol–water partition coefficient (Wildman–Crippen LogP) is -0.175. The van der Waals surface area contributed by atoms with Crippen molar-refractivity contribution in [1.82, 2.24) is 10.2 Å². The number of amides is 1. The molecule has 1 amide bonds. The summed E-state index contributed by atoms with van der Waals surface area (Å²) in [7, 11) is 1.83. The summed E-state index contributed by atoms with van der Waals surface area (Å²) in [5, 5.41) is 11.6. The molecule has 2 N–H and O–H groups in total. The van der Waals surface area contributed by atoms with Crippen LogP contribution in [0.2, 0.25) is 0 Å². The zero-order valence-corrected chi connectivity index (χ0v) is 8.71. The fraction of sp³-hybridized carbons (Fsp3) is 0.889. The highest BCUT2D eigenvalue weighted by Crippen LogP contribution is 1.92. The van der Waals surface area contributed by atoms with Crippen LogP contribution in [0.3, 0.4) is 0 Å². The number of likely N-dealkylation sites (N-methyl/N-ethyl adjacent to an activating group) is 1. The van der Waals surface area contributed by atoms with Gasteiger partial charge in [-0.1, -0.05) is 6.92 Å². The molecule has 0 aliphatic rings. The molecule has 0 heterocycles. The molecule has 0 bridgehead atoms. The van der Waals surface area contributed by atoms with E-state index >= 15 is 0 Å². The van der Waals surface area contributed by atoms with E-state index in [4.69, 9.17) is 5.11 Å². The molecule has 4 heteroatoms. The lowest BCUT2D eigenvalue weighted by atomic mass is 10.3. The zero-order valence-electron chi connectivity index (χ0n) is 8.71. The second kappa shape index (κ2) is 6.86. The number of nitrogens with one attached hydrogen (secondary N) is 1. The van der Waals surface area contributed by atoms with Crippen molar-refractivity contribution in [3.8, 4) is 0 Å². The third-order valence-electron chi connectivity index (χ3n) is 1.98. The Balaban J connectivity index is 3.64. The Hall–Kier alpha value is -0.610. The Morgan fingerprint density at radius 1 is 1.62 bits per heavy atom. The second-order valence-corrected chi connectivity index (χ2v) is 3.30. The van der Waals surface area contributed by atoms with E-state index in [0.29, 0.717) is 6.54 Å². The van der Waals surface area contributed by atoms with Crippen LogP contribution in [0.15, 0.2) is 0 Å². The first-order chi connectivity index (χ1) is 6.11. The van der Waals surface area contributed by atoms with Crippen LogP contribution in [0.5, 0.6) is 0 Å². The van der Waals surface area contributed by atoms with Crippen molar-refractivity contribution in [3.63, 3.8) is 0 Å². The number of aliphatic hydroxyl groups is 1. The molecule has 0 aromatic carbocycles. The molecule has 0 aliphatic heterocycles. The van der Waals surface area contributed by atoms with Gasteiger partial charge in [0, 0.05) is 12.6 Å². The van der Waals surface area contributed by atoms with Crippen LogP contribution in [0.25, 0.3) is 0 Å². The van der Waals surface area contributed by atoms with Crippen molar-refractivity contribution >= 4 is 5.91 Å². The quantitative estimate of drug-likeness (QED) is 0.608. The minimum atomic E-state index is 0.0182. The van der Waals surface area contributed by atoms with Gasteiger partial charge in [0.1, 0.15) is 0 Å². The van der Waals surface area contributed by atoms with Gasteiger partial charge in [-0.05, 0) is 20.4 Å². The van der Waals surface area contributed by atoms with E-state index in [1.54, 1.807) is 0 Å². The topological polar surface area (TPSA) is 52.6 Å². The van der Waals surface area contributed by atoms with E-state index < -0.39 is 0 Å². The Morgan fingerprint density at radius 2 is 2.23 bits per heavy atom. The van der Waals surface area contributed by atoms with Gasteiger partial charge in [-0.3, -0.25) is 9.69 Å². The third kappa shape index (κ3) is 5.60. The molecule has 0 aromatic rings. The van der Waals surface area contributed by atoms with Gasteiger partial charge in [0.05, 0.1) is 13.2 Å². The van der Waals surface area contributed by atoms with E-state index in [9.17, 15) is 4.79 Å². The number of aliphatic hydroxyl groups excluding tert-OH is 1. The summed E-state index contributed by atoms with van der Waals surface area (Å²) in [6.07, 6.45) is 0.949. The van der Waals surface area contributed by atoms with E-state index in [1.807, 2.05) is 25.8 Å². The van der Waals surface area contributed by atoms with Crippen molar-refractivity contribution in [1.29, 1.82) is 0 Å². The molecule has 0 radical (unpaired) electrons. The molecule has 1 atom stereocenters. The van der Waals surface area contributed by atoms with Gasteiger partial charge in [-0.2, -0.15) is 0 Å².